The normalized spacial score (nSPS) is 11.2. The van der Waals surface area contributed by atoms with Crippen molar-refractivity contribution < 1.29 is 0 Å². The van der Waals surface area contributed by atoms with Crippen molar-refractivity contribution in [3.8, 4) is 11.1 Å². The maximum atomic E-state index is 5.96. The quantitative estimate of drug-likeness (QED) is 0.463. The second-order valence-corrected chi connectivity index (χ2v) is 5.39. The molecule has 0 amide bonds. The molecule has 0 spiro atoms. The van der Waals surface area contributed by atoms with Gasteiger partial charge in [0.1, 0.15) is 0 Å². The maximum absolute atomic E-state index is 5.96. The van der Waals surface area contributed by atoms with Gasteiger partial charge in [-0.25, -0.2) is 0 Å². The van der Waals surface area contributed by atoms with Crippen LogP contribution in [0.25, 0.3) is 32.8 Å². The van der Waals surface area contributed by atoms with Gasteiger partial charge >= 0.3 is 0 Å². The third kappa shape index (κ3) is 1.79. The van der Waals surface area contributed by atoms with Crippen molar-refractivity contribution in [2.24, 2.45) is 0 Å². The molecule has 1 N–H and O–H groups in total. The molecule has 3 aromatic carbocycles. The molecule has 4 rings (SSSR count). The van der Waals surface area contributed by atoms with Gasteiger partial charge < -0.3 is 4.98 Å². The van der Waals surface area contributed by atoms with Gasteiger partial charge in [0.15, 0.2) is 0 Å². The van der Waals surface area contributed by atoms with Crippen LogP contribution in [0.4, 0.5) is 0 Å². The number of hydrogen-bond acceptors (Lipinski definition) is 0. The Hall–Kier alpha value is -2.25. The average Bonchev–Trinajstić information content (AvgIpc) is 2.88. The number of H-pyrrole nitrogens is 1. The van der Waals surface area contributed by atoms with Crippen LogP contribution in [0.1, 0.15) is 0 Å². The Morgan fingerprint density at radius 3 is 2.25 bits per heavy atom. The first-order valence-corrected chi connectivity index (χ1v) is 6.95. The zero-order chi connectivity index (χ0) is 13.5. The van der Waals surface area contributed by atoms with Crippen LogP contribution in [-0.2, 0) is 0 Å². The summed E-state index contributed by atoms with van der Waals surface area (Å²) in [6, 6.07) is 20.8. The molecule has 4 aromatic rings. The number of aromatic nitrogens is 1. The third-order valence-electron chi connectivity index (χ3n) is 3.70. The van der Waals surface area contributed by atoms with Gasteiger partial charge in [-0.05, 0) is 40.6 Å². The summed E-state index contributed by atoms with van der Waals surface area (Å²) in [7, 11) is 0. The summed E-state index contributed by atoms with van der Waals surface area (Å²) in [5.74, 6) is 0. The molecule has 0 aliphatic heterocycles. The zero-order valence-corrected chi connectivity index (χ0v) is 11.5. The predicted molar refractivity (Wildman–Crippen MR) is 86.3 cm³/mol. The lowest BCUT2D eigenvalue weighted by atomic mass is 10.0. The Balaban J connectivity index is 2.00. The summed E-state index contributed by atoms with van der Waals surface area (Å²) >= 11 is 5.96. The maximum Gasteiger partial charge on any atom is 0.0466 e. The summed E-state index contributed by atoms with van der Waals surface area (Å²) in [6.07, 6.45) is 2.06. The van der Waals surface area contributed by atoms with Crippen LogP contribution in [0.5, 0.6) is 0 Å². The van der Waals surface area contributed by atoms with Crippen LogP contribution < -0.4 is 0 Å². The Morgan fingerprint density at radius 2 is 1.50 bits per heavy atom. The summed E-state index contributed by atoms with van der Waals surface area (Å²) in [6.45, 7) is 0. The number of hydrogen-bond donors (Lipinski definition) is 1. The molecule has 0 saturated carbocycles. The van der Waals surface area contributed by atoms with Crippen LogP contribution in [0, 0.1) is 0 Å². The second kappa shape index (κ2) is 4.39. The first-order chi connectivity index (χ1) is 9.81. The number of halogens is 1. The van der Waals surface area contributed by atoms with Gasteiger partial charge in [0.2, 0.25) is 0 Å². The number of nitrogens with one attached hydrogen (secondary N) is 1. The van der Waals surface area contributed by atoms with Crippen LogP contribution >= 0.6 is 11.6 Å². The Bertz CT molecular complexity index is 904. The highest BCUT2D eigenvalue weighted by Crippen LogP contribution is 2.32. The van der Waals surface area contributed by atoms with E-state index in [1.165, 1.54) is 27.3 Å². The van der Waals surface area contributed by atoms with E-state index in [0.29, 0.717) is 0 Å². The molecule has 0 atom stereocenters. The molecular weight excluding hydrogens is 266 g/mol. The average molecular weight is 278 g/mol. The fourth-order valence-corrected chi connectivity index (χ4v) is 2.80. The molecule has 0 saturated heterocycles. The predicted octanol–water partition coefficient (Wildman–Crippen LogP) is 5.64. The molecule has 1 heterocycles. The van der Waals surface area contributed by atoms with E-state index in [2.05, 4.69) is 59.7 Å². The van der Waals surface area contributed by atoms with E-state index in [4.69, 9.17) is 11.6 Å². The SMILES string of the molecule is Clc1ccc(-c2c[nH]c3cc4ccccc4cc23)cc1. The van der Waals surface area contributed by atoms with Gasteiger partial charge in [-0.1, -0.05) is 48.0 Å². The minimum Gasteiger partial charge on any atom is -0.361 e. The lowest BCUT2D eigenvalue weighted by molar-refractivity contribution is 1.48. The molecule has 2 heteroatoms. The van der Waals surface area contributed by atoms with Gasteiger partial charge in [0, 0.05) is 27.7 Å². The van der Waals surface area contributed by atoms with Crippen LogP contribution in [0.2, 0.25) is 5.02 Å². The van der Waals surface area contributed by atoms with Gasteiger partial charge in [0.25, 0.3) is 0 Å². The smallest absolute Gasteiger partial charge is 0.0466 e. The number of aromatic amines is 1. The van der Waals surface area contributed by atoms with Crippen molar-refractivity contribution in [3.05, 3.63) is 71.9 Å². The third-order valence-corrected chi connectivity index (χ3v) is 3.96. The molecule has 0 fully saturated rings. The number of benzene rings is 3. The standard InChI is InChI=1S/C18H12ClN/c19-15-7-5-12(6-8-15)17-11-20-18-10-14-4-2-1-3-13(14)9-16(17)18/h1-11,20H. The molecular formula is C18H12ClN. The van der Waals surface area contributed by atoms with E-state index in [0.717, 1.165) is 10.5 Å². The highest BCUT2D eigenvalue weighted by Gasteiger charge is 2.07. The molecule has 1 nitrogen and oxygen atoms in total. The van der Waals surface area contributed by atoms with Crippen molar-refractivity contribution in [1.82, 2.24) is 4.98 Å². The lowest BCUT2D eigenvalue weighted by Crippen LogP contribution is -1.76. The first kappa shape index (κ1) is 11.6. The Morgan fingerprint density at radius 1 is 0.800 bits per heavy atom. The fraction of sp³-hybridized carbons (Fsp3) is 0. The Kier molecular flexibility index (Phi) is 2.54. The van der Waals surface area contributed by atoms with Crippen LogP contribution in [0.15, 0.2) is 66.9 Å². The number of fused-ring (bicyclic) bond motifs is 2. The van der Waals surface area contributed by atoms with Crippen molar-refractivity contribution >= 4 is 33.3 Å². The van der Waals surface area contributed by atoms with E-state index < -0.39 is 0 Å². The lowest BCUT2D eigenvalue weighted by Gasteiger charge is -2.02. The molecule has 0 radical (unpaired) electrons. The van der Waals surface area contributed by atoms with Crippen LogP contribution in [-0.4, -0.2) is 4.98 Å². The summed E-state index contributed by atoms with van der Waals surface area (Å²) < 4.78 is 0. The van der Waals surface area contributed by atoms with Crippen molar-refractivity contribution in [2.75, 3.05) is 0 Å². The first-order valence-electron chi connectivity index (χ1n) is 6.57. The van der Waals surface area contributed by atoms with E-state index in [1.54, 1.807) is 0 Å². The largest absolute Gasteiger partial charge is 0.361 e. The van der Waals surface area contributed by atoms with E-state index in [9.17, 15) is 0 Å². The van der Waals surface area contributed by atoms with E-state index in [-0.39, 0.29) is 0 Å². The van der Waals surface area contributed by atoms with E-state index in [1.807, 2.05) is 12.1 Å². The van der Waals surface area contributed by atoms with Crippen molar-refractivity contribution in [2.45, 2.75) is 0 Å². The minimum absolute atomic E-state index is 0.763. The number of rotatable bonds is 1. The van der Waals surface area contributed by atoms with Gasteiger partial charge in [-0.2, -0.15) is 0 Å². The molecule has 1 aromatic heterocycles. The molecule has 20 heavy (non-hydrogen) atoms. The van der Waals surface area contributed by atoms with E-state index >= 15 is 0 Å². The van der Waals surface area contributed by atoms with Gasteiger partial charge in [-0.3, -0.25) is 0 Å². The summed E-state index contributed by atoms with van der Waals surface area (Å²) in [4.78, 5) is 3.36. The van der Waals surface area contributed by atoms with Crippen molar-refractivity contribution in [1.29, 1.82) is 0 Å². The molecule has 0 aliphatic carbocycles. The van der Waals surface area contributed by atoms with Crippen LogP contribution in [0.3, 0.4) is 0 Å². The minimum atomic E-state index is 0.763. The zero-order valence-electron chi connectivity index (χ0n) is 10.7. The van der Waals surface area contributed by atoms with Gasteiger partial charge in [-0.15, -0.1) is 0 Å². The summed E-state index contributed by atoms with van der Waals surface area (Å²) in [5, 5.41) is 4.52. The summed E-state index contributed by atoms with van der Waals surface area (Å²) in [5.41, 5.74) is 3.55. The monoisotopic (exact) mass is 277 g/mol. The highest BCUT2D eigenvalue weighted by atomic mass is 35.5. The van der Waals surface area contributed by atoms with Gasteiger partial charge in [0.05, 0.1) is 0 Å². The molecule has 0 unspecified atom stereocenters. The van der Waals surface area contributed by atoms with Crippen molar-refractivity contribution in [3.63, 3.8) is 0 Å². The molecule has 0 bridgehead atoms. The topological polar surface area (TPSA) is 15.8 Å². The molecule has 0 aliphatic rings. The molecule has 96 valence electrons. The second-order valence-electron chi connectivity index (χ2n) is 4.95. The fourth-order valence-electron chi connectivity index (χ4n) is 2.68. The Labute approximate surface area is 121 Å². The highest BCUT2D eigenvalue weighted by molar-refractivity contribution is 6.30.